The van der Waals surface area contributed by atoms with Gasteiger partial charge in [-0.1, -0.05) is 6.07 Å². The summed E-state index contributed by atoms with van der Waals surface area (Å²) < 4.78 is 12.0. The van der Waals surface area contributed by atoms with E-state index in [-0.39, 0.29) is 11.9 Å². The van der Waals surface area contributed by atoms with E-state index in [9.17, 15) is 4.79 Å². The molecule has 5 heteroatoms. The highest BCUT2D eigenvalue weighted by Crippen LogP contribution is 2.25. The van der Waals surface area contributed by atoms with Gasteiger partial charge in [0.1, 0.15) is 18.9 Å². The molecule has 1 aromatic rings. The van der Waals surface area contributed by atoms with E-state index in [2.05, 4.69) is 35.0 Å². The predicted molar refractivity (Wildman–Crippen MR) is 89.3 cm³/mol. The van der Waals surface area contributed by atoms with Crippen molar-refractivity contribution < 1.29 is 19.2 Å². The average Bonchev–Trinajstić information content (AvgIpc) is 2.50. The summed E-state index contributed by atoms with van der Waals surface area (Å²) in [4.78, 5) is 13.2. The van der Waals surface area contributed by atoms with Gasteiger partial charge in [-0.3, -0.25) is 4.79 Å². The molecule has 1 saturated heterocycles. The molecule has 0 saturated carbocycles. The molecule has 0 unspecified atom stereocenters. The van der Waals surface area contributed by atoms with Crippen LogP contribution in [0.15, 0.2) is 22.7 Å². The highest BCUT2D eigenvalue weighted by molar-refractivity contribution is 9.10. The summed E-state index contributed by atoms with van der Waals surface area (Å²) in [7, 11) is 0. The maximum Gasteiger partial charge on any atom is 0.309 e. The van der Waals surface area contributed by atoms with Crippen LogP contribution in [0.3, 0.4) is 0 Å². The number of rotatable bonds is 6. The van der Waals surface area contributed by atoms with Crippen LogP contribution in [0.25, 0.3) is 0 Å². The van der Waals surface area contributed by atoms with Gasteiger partial charge in [-0.25, -0.2) is 0 Å². The van der Waals surface area contributed by atoms with Gasteiger partial charge >= 0.3 is 5.97 Å². The van der Waals surface area contributed by atoms with Crippen molar-refractivity contribution in [2.75, 3.05) is 32.8 Å². The zero-order chi connectivity index (χ0) is 15.9. The molecule has 0 spiro atoms. The molecule has 1 fully saturated rings. The van der Waals surface area contributed by atoms with Gasteiger partial charge in [0, 0.05) is 12.8 Å². The Bertz CT molecular complexity index is 499. The lowest BCUT2D eigenvalue weighted by Crippen LogP contribution is -3.13. The van der Waals surface area contributed by atoms with Crippen LogP contribution in [0, 0.1) is 12.8 Å². The van der Waals surface area contributed by atoms with Gasteiger partial charge in [0.05, 0.1) is 30.1 Å². The highest BCUT2D eigenvalue weighted by Gasteiger charge is 2.28. The van der Waals surface area contributed by atoms with Crippen LogP contribution < -0.4 is 9.64 Å². The van der Waals surface area contributed by atoms with Crippen LogP contribution >= 0.6 is 15.9 Å². The fraction of sp³-hybridized carbons (Fsp3) is 0.588. The minimum Gasteiger partial charge on any atom is -0.487 e. The van der Waals surface area contributed by atoms with Crippen molar-refractivity contribution in [3.05, 3.63) is 28.2 Å². The van der Waals surface area contributed by atoms with Crippen LogP contribution in [0.5, 0.6) is 5.75 Å². The number of esters is 1. The lowest BCUT2D eigenvalue weighted by molar-refractivity contribution is -0.905. The van der Waals surface area contributed by atoms with E-state index >= 15 is 0 Å². The topological polar surface area (TPSA) is 40.0 Å². The molecule has 0 aromatic heterocycles. The third-order valence-electron chi connectivity index (χ3n) is 4.11. The summed E-state index contributed by atoms with van der Waals surface area (Å²) in [5.74, 6) is 0.962. The van der Waals surface area contributed by atoms with Gasteiger partial charge in [0.25, 0.3) is 0 Å². The summed E-state index contributed by atoms with van der Waals surface area (Å²) in [5, 5.41) is 0. The lowest BCUT2D eigenvalue weighted by atomic mass is 9.97. The molecule has 22 heavy (non-hydrogen) atoms. The molecule has 0 radical (unpaired) electrons. The summed E-state index contributed by atoms with van der Waals surface area (Å²) in [5.41, 5.74) is 1.21. The number of aryl methyl sites for hydroxylation is 1. The van der Waals surface area contributed by atoms with Crippen molar-refractivity contribution in [3.8, 4) is 5.75 Å². The molecular formula is C17H25BrNO3+. The molecule has 0 bridgehead atoms. The number of carbonyl (C=O) groups excluding carboxylic acids is 1. The maximum absolute atomic E-state index is 11.7. The van der Waals surface area contributed by atoms with Crippen molar-refractivity contribution in [2.45, 2.75) is 26.7 Å². The molecule has 1 aliphatic rings. The fourth-order valence-electron chi connectivity index (χ4n) is 2.80. The van der Waals surface area contributed by atoms with Crippen molar-refractivity contribution in [3.63, 3.8) is 0 Å². The first-order chi connectivity index (χ1) is 10.6. The Morgan fingerprint density at radius 2 is 2.09 bits per heavy atom. The summed E-state index contributed by atoms with van der Waals surface area (Å²) in [6, 6.07) is 6.12. The molecular weight excluding hydrogens is 346 g/mol. The lowest BCUT2D eigenvalue weighted by Gasteiger charge is -2.28. The van der Waals surface area contributed by atoms with Gasteiger partial charge in [0.2, 0.25) is 0 Å². The zero-order valence-electron chi connectivity index (χ0n) is 13.4. The highest BCUT2D eigenvalue weighted by atomic mass is 79.9. The fourth-order valence-corrected chi connectivity index (χ4v) is 3.41. The molecule has 122 valence electrons. The molecule has 1 aromatic carbocycles. The van der Waals surface area contributed by atoms with Crippen LogP contribution in [-0.2, 0) is 9.53 Å². The number of piperidine rings is 1. The predicted octanol–water partition coefficient (Wildman–Crippen LogP) is 1.99. The smallest absolute Gasteiger partial charge is 0.309 e. The molecule has 0 aliphatic carbocycles. The van der Waals surface area contributed by atoms with E-state index in [0.717, 1.165) is 42.7 Å². The Morgan fingerprint density at radius 1 is 1.36 bits per heavy atom. The number of ether oxygens (including phenoxy) is 2. The van der Waals surface area contributed by atoms with Crippen molar-refractivity contribution in [2.24, 2.45) is 5.92 Å². The number of benzene rings is 1. The van der Waals surface area contributed by atoms with Crippen LogP contribution in [0.2, 0.25) is 0 Å². The number of hydrogen-bond donors (Lipinski definition) is 1. The quantitative estimate of drug-likeness (QED) is 0.778. The largest absolute Gasteiger partial charge is 0.487 e. The Hall–Kier alpha value is -1.07. The average molecular weight is 371 g/mol. The molecule has 1 N–H and O–H groups in total. The van der Waals surface area contributed by atoms with Gasteiger partial charge < -0.3 is 14.4 Å². The normalized spacial score (nSPS) is 21.4. The Kier molecular flexibility index (Phi) is 6.70. The Labute approximate surface area is 140 Å². The standard InChI is InChI=1S/C17H24BrNO3/c1-3-21-17(20)14-6-8-19(9-7-14)10-11-22-16-5-4-13(2)12-15(16)18/h4-5,12,14H,3,6-11H2,1-2H3/p+1. The van der Waals surface area contributed by atoms with E-state index in [1.807, 2.05) is 13.0 Å². The molecule has 4 nitrogen and oxygen atoms in total. The van der Waals surface area contributed by atoms with Crippen molar-refractivity contribution in [1.29, 1.82) is 0 Å². The van der Waals surface area contributed by atoms with Crippen molar-refractivity contribution in [1.82, 2.24) is 0 Å². The summed E-state index contributed by atoms with van der Waals surface area (Å²) in [6.45, 7) is 8.09. The van der Waals surface area contributed by atoms with E-state index in [4.69, 9.17) is 9.47 Å². The molecule has 0 atom stereocenters. The van der Waals surface area contributed by atoms with Crippen LogP contribution in [0.1, 0.15) is 25.3 Å². The number of nitrogens with one attached hydrogen (secondary N) is 1. The second-order valence-electron chi connectivity index (χ2n) is 5.81. The monoisotopic (exact) mass is 370 g/mol. The number of likely N-dealkylation sites (tertiary alicyclic amines) is 1. The summed E-state index contributed by atoms with van der Waals surface area (Å²) in [6.07, 6.45) is 1.84. The first-order valence-electron chi connectivity index (χ1n) is 7.99. The van der Waals surface area contributed by atoms with Crippen LogP contribution in [0.4, 0.5) is 0 Å². The van der Waals surface area contributed by atoms with E-state index in [0.29, 0.717) is 13.2 Å². The van der Waals surface area contributed by atoms with E-state index < -0.39 is 0 Å². The van der Waals surface area contributed by atoms with Crippen molar-refractivity contribution >= 4 is 21.9 Å². The van der Waals surface area contributed by atoms with E-state index in [1.165, 1.54) is 10.5 Å². The maximum atomic E-state index is 11.7. The van der Waals surface area contributed by atoms with Gasteiger partial charge in [-0.05, 0) is 47.5 Å². The second kappa shape index (κ2) is 8.53. The summed E-state index contributed by atoms with van der Waals surface area (Å²) >= 11 is 3.53. The minimum absolute atomic E-state index is 0.0265. The third kappa shape index (κ3) is 4.99. The zero-order valence-corrected chi connectivity index (χ0v) is 14.9. The van der Waals surface area contributed by atoms with Gasteiger partial charge in [-0.2, -0.15) is 0 Å². The molecule has 0 amide bonds. The SMILES string of the molecule is CCOC(=O)C1CC[NH+](CCOc2ccc(C)cc2Br)CC1. The number of carbonyl (C=O) groups is 1. The molecule has 1 heterocycles. The second-order valence-corrected chi connectivity index (χ2v) is 6.66. The molecule has 2 rings (SSSR count). The molecule has 1 aliphatic heterocycles. The van der Waals surface area contributed by atoms with Gasteiger partial charge in [0.15, 0.2) is 0 Å². The van der Waals surface area contributed by atoms with Gasteiger partial charge in [-0.15, -0.1) is 0 Å². The number of quaternary nitrogens is 1. The Morgan fingerprint density at radius 3 is 2.73 bits per heavy atom. The van der Waals surface area contributed by atoms with Crippen LogP contribution in [-0.4, -0.2) is 38.8 Å². The number of halogens is 1. The third-order valence-corrected chi connectivity index (χ3v) is 4.73. The Balaban J connectivity index is 1.70. The number of hydrogen-bond acceptors (Lipinski definition) is 3. The first-order valence-corrected chi connectivity index (χ1v) is 8.78. The van der Waals surface area contributed by atoms with E-state index in [1.54, 1.807) is 0 Å². The minimum atomic E-state index is -0.0265. The first kappa shape index (κ1) is 17.3.